The van der Waals surface area contributed by atoms with Crippen LogP contribution < -0.4 is 0 Å². The molecule has 0 atom stereocenters. The molecule has 0 unspecified atom stereocenters. The van der Waals surface area contributed by atoms with Crippen molar-refractivity contribution >= 4 is 29.0 Å². The number of amides is 1. The molecule has 0 bridgehead atoms. The number of thioether (sulfide) groups is 1. The zero-order valence-corrected chi connectivity index (χ0v) is 11.2. The van der Waals surface area contributed by atoms with Crippen LogP contribution in [0.4, 0.5) is 0 Å². The first-order valence-electron chi connectivity index (χ1n) is 5.99. The van der Waals surface area contributed by atoms with Crippen LogP contribution in [0.1, 0.15) is 33.0 Å². The van der Waals surface area contributed by atoms with Crippen molar-refractivity contribution in [2.24, 2.45) is 0 Å². The maximum absolute atomic E-state index is 12.2. The topological polar surface area (TPSA) is 29.5 Å². The number of hydroxylamine groups is 2. The summed E-state index contributed by atoms with van der Waals surface area (Å²) < 4.78 is 0. The van der Waals surface area contributed by atoms with Gasteiger partial charge in [0.05, 0.1) is 11.5 Å². The van der Waals surface area contributed by atoms with Gasteiger partial charge in [-0.25, -0.2) is 5.06 Å². The van der Waals surface area contributed by atoms with Crippen LogP contribution >= 0.6 is 23.1 Å². The molecule has 0 aromatic carbocycles. The lowest BCUT2D eigenvalue weighted by Gasteiger charge is -2.25. The second-order valence-corrected chi connectivity index (χ2v) is 6.55. The zero-order chi connectivity index (χ0) is 11.7. The van der Waals surface area contributed by atoms with E-state index in [1.807, 2.05) is 11.8 Å². The quantitative estimate of drug-likeness (QED) is 0.785. The lowest BCUT2D eigenvalue weighted by molar-refractivity contribution is -0.143. The summed E-state index contributed by atoms with van der Waals surface area (Å²) in [4.78, 5) is 19.9. The second-order valence-electron chi connectivity index (χ2n) is 4.31. The van der Waals surface area contributed by atoms with Gasteiger partial charge in [0.1, 0.15) is 0 Å². The Morgan fingerprint density at radius 1 is 1.41 bits per heavy atom. The Bertz CT molecular complexity index is 401. The maximum atomic E-state index is 12.2. The Morgan fingerprint density at radius 2 is 2.35 bits per heavy atom. The smallest absolute Gasteiger partial charge is 0.271 e. The van der Waals surface area contributed by atoms with Crippen molar-refractivity contribution in [1.29, 1.82) is 0 Å². The van der Waals surface area contributed by atoms with Crippen molar-refractivity contribution in [3.8, 4) is 0 Å². The summed E-state index contributed by atoms with van der Waals surface area (Å²) in [5, 5.41) is 1.54. The van der Waals surface area contributed by atoms with Gasteiger partial charge >= 0.3 is 0 Å². The lowest BCUT2D eigenvalue weighted by Crippen LogP contribution is -2.35. The average Bonchev–Trinajstić information content (AvgIpc) is 2.82. The van der Waals surface area contributed by atoms with Gasteiger partial charge in [0.15, 0.2) is 0 Å². The zero-order valence-electron chi connectivity index (χ0n) is 9.61. The largest absolute Gasteiger partial charge is 0.287 e. The van der Waals surface area contributed by atoms with Gasteiger partial charge < -0.3 is 0 Å². The molecule has 5 heteroatoms. The number of fused-ring (bicyclic) bond motifs is 1. The van der Waals surface area contributed by atoms with Crippen molar-refractivity contribution in [1.82, 2.24) is 5.06 Å². The van der Waals surface area contributed by atoms with Crippen molar-refractivity contribution in [2.45, 2.75) is 25.0 Å². The molecule has 3 heterocycles. The molecule has 1 amide bonds. The van der Waals surface area contributed by atoms with Gasteiger partial charge in [-0.1, -0.05) is 0 Å². The molecular weight excluding hydrogens is 254 g/mol. The van der Waals surface area contributed by atoms with Gasteiger partial charge in [-0.05, 0) is 36.6 Å². The molecule has 2 aliphatic rings. The fraction of sp³-hybridized carbons (Fsp3) is 0.583. The van der Waals surface area contributed by atoms with E-state index < -0.39 is 0 Å². The van der Waals surface area contributed by atoms with Crippen LogP contribution in [0.5, 0.6) is 0 Å². The third-order valence-electron chi connectivity index (χ3n) is 3.07. The Morgan fingerprint density at radius 3 is 3.12 bits per heavy atom. The highest BCUT2D eigenvalue weighted by atomic mass is 32.2. The molecule has 0 radical (unpaired) electrons. The number of hydrogen-bond acceptors (Lipinski definition) is 4. The summed E-state index contributed by atoms with van der Waals surface area (Å²) in [6.07, 6.45) is 3.22. The minimum absolute atomic E-state index is 0.0501. The number of hydrogen-bond donors (Lipinski definition) is 0. The Labute approximate surface area is 109 Å². The van der Waals surface area contributed by atoms with Crippen LogP contribution in [0.2, 0.25) is 0 Å². The number of carbonyl (C=O) groups is 1. The van der Waals surface area contributed by atoms with Crippen molar-refractivity contribution in [3.05, 3.63) is 21.4 Å². The SMILES string of the molecule is O=C(c1cc2c(s1)CCSC2)N1CCCCO1. The molecule has 0 N–H and O–H groups in total. The van der Waals surface area contributed by atoms with E-state index in [1.165, 1.54) is 21.3 Å². The molecule has 17 heavy (non-hydrogen) atoms. The maximum Gasteiger partial charge on any atom is 0.287 e. The molecule has 0 saturated carbocycles. The van der Waals surface area contributed by atoms with Crippen LogP contribution in [0.25, 0.3) is 0 Å². The Balaban J connectivity index is 1.78. The van der Waals surface area contributed by atoms with Gasteiger partial charge in [0.25, 0.3) is 5.91 Å². The van der Waals surface area contributed by atoms with Crippen molar-refractivity contribution in [3.63, 3.8) is 0 Å². The predicted molar refractivity (Wildman–Crippen MR) is 70.4 cm³/mol. The summed E-state index contributed by atoms with van der Waals surface area (Å²) in [5.74, 6) is 2.29. The standard InChI is InChI=1S/C12H15NO2S2/c14-12(13-4-1-2-5-15-13)11-7-9-8-16-6-3-10(9)17-11/h7H,1-6,8H2. The number of thiophene rings is 1. The molecule has 1 fully saturated rings. The van der Waals surface area contributed by atoms with E-state index in [4.69, 9.17) is 4.84 Å². The lowest BCUT2D eigenvalue weighted by atomic mass is 10.2. The van der Waals surface area contributed by atoms with E-state index in [-0.39, 0.29) is 5.91 Å². The number of rotatable bonds is 1. The van der Waals surface area contributed by atoms with Crippen LogP contribution in [0.15, 0.2) is 6.07 Å². The molecular formula is C12H15NO2S2. The fourth-order valence-corrected chi connectivity index (χ4v) is 4.45. The van der Waals surface area contributed by atoms with Crippen LogP contribution in [0, 0.1) is 0 Å². The molecule has 92 valence electrons. The Kier molecular flexibility index (Phi) is 3.40. The minimum Gasteiger partial charge on any atom is -0.271 e. The third kappa shape index (κ3) is 2.37. The summed E-state index contributed by atoms with van der Waals surface area (Å²) >= 11 is 3.60. The van der Waals surface area contributed by atoms with E-state index in [2.05, 4.69) is 6.07 Å². The summed E-state index contributed by atoms with van der Waals surface area (Å²) in [7, 11) is 0. The first-order chi connectivity index (χ1) is 8.34. The van der Waals surface area contributed by atoms with E-state index in [9.17, 15) is 4.79 Å². The van der Waals surface area contributed by atoms with Crippen LogP contribution in [-0.2, 0) is 17.0 Å². The summed E-state index contributed by atoms with van der Waals surface area (Å²) in [6.45, 7) is 1.41. The second kappa shape index (κ2) is 5.00. The highest BCUT2D eigenvalue weighted by Crippen LogP contribution is 2.32. The molecule has 0 spiro atoms. The van der Waals surface area contributed by atoms with Crippen molar-refractivity contribution < 1.29 is 9.63 Å². The van der Waals surface area contributed by atoms with Crippen LogP contribution in [-0.4, -0.2) is 29.9 Å². The number of aryl methyl sites for hydroxylation is 1. The average molecular weight is 269 g/mol. The molecule has 1 aromatic heterocycles. The van der Waals surface area contributed by atoms with Gasteiger partial charge in [0, 0.05) is 17.2 Å². The van der Waals surface area contributed by atoms with Crippen molar-refractivity contribution in [2.75, 3.05) is 18.9 Å². The fourth-order valence-electron chi connectivity index (χ4n) is 2.13. The van der Waals surface area contributed by atoms with Gasteiger partial charge in [-0.2, -0.15) is 11.8 Å². The van der Waals surface area contributed by atoms with Crippen LogP contribution in [0.3, 0.4) is 0 Å². The van der Waals surface area contributed by atoms with E-state index in [0.29, 0.717) is 6.61 Å². The van der Waals surface area contributed by atoms with Gasteiger partial charge in [0.2, 0.25) is 0 Å². The summed E-state index contributed by atoms with van der Waals surface area (Å²) in [5.41, 5.74) is 1.35. The first kappa shape index (κ1) is 11.6. The predicted octanol–water partition coefficient (Wildman–Crippen LogP) is 2.71. The number of carbonyl (C=O) groups excluding carboxylic acids is 1. The van der Waals surface area contributed by atoms with Gasteiger partial charge in [-0.3, -0.25) is 9.63 Å². The number of nitrogens with zero attached hydrogens (tertiary/aromatic N) is 1. The van der Waals surface area contributed by atoms with E-state index in [0.717, 1.165) is 36.4 Å². The normalized spacial score (nSPS) is 20.1. The van der Waals surface area contributed by atoms with E-state index in [1.54, 1.807) is 11.3 Å². The minimum atomic E-state index is 0.0501. The van der Waals surface area contributed by atoms with E-state index >= 15 is 0 Å². The molecule has 1 saturated heterocycles. The van der Waals surface area contributed by atoms with Gasteiger partial charge in [-0.15, -0.1) is 11.3 Å². The highest BCUT2D eigenvalue weighted by molar-refractivity contribution is 7.98. The molecule has 2 aliphatic heterocycles. The monoisotopic (exact) mass is 269 g/mol. The Hall–Kier alpha value is -0.520. The highest BCUT2D eigenvalue weighted by Gasteiger charge is 2.23. The molecule has 0 aliphatic carbocycles. The first-order valence-corrected chi connectivity index (χ1v) is 7.96. The molecule has 1 aromatic rings. The third-order valence-corrected chi connectivity index (χ3v) is 5.30. The molecule has 3 rings (SSSR count). The molecule has 3 nitrogen and oxygen atoms in total. The summed E-state index contributed by atoms with van der Waals surface area (Å²) in [6, 6.07) is 2.06.